The molecule has 3 heteroatoms. The van der Waals surface area contributed by atoms with Crippen LogP contribution in [0.15, 0.2) is 0 Å². The molecule has 3 nitrogen and oxygen atoms in total. The third-order valence-corrected chi connectivity index (χ3v) is 1.95. The Labute approximate surface area is 76.3 Å². The van der Waals surface area contributed by atoms with Gasteiger partial charge in [-0.2, -0.15) is 0 Å². The zero-order chi connectivity index (χ0) is 9.40. The first-order valence-electron chi connectivity index (χ1n) is 4.75. The number of hydrazine groups is 1. The van der Waals surface area contributed by atoms with Crippen molar-refractivity contribution in [1.29, 1.82) is 0 Å². The number of hydrogen-bond acceptors (Lipinski definition) is 3. The number of rotatable bonds is 7. The average molecular weight is 172 g/mol. The van der Waals surface area contributed by atoms with Crippen LogP contribution in [0.5, 0.6) is 0 Å². The molecule has 0 heterocycles. The van der Waals surface area contributed by atoms with E-state index in [0.717, 1.165) is 25.9 Å². The summed E-state index contributed by atoms with van der Waals surface area (Å²) in [4.78, 5) is 0. The number of hydrogen-bond donors (Lipinski definition) is 2. The zero-order valence-corrected chi connectivity index (χ0v) is 8.34. The van der Waals surface area contributed by atoms with Crippen LogP contribution in [-0.2, 0) is 0 Å². The van der Waals surface area contributed by atoms with Crippen LogP contribution >= 0.6 is 0 Å². The van der Waals surface area contributed by atoms with Crippen LogP contribution in [0, 0.1) is 6.92 Å². The molecule has 0 aliphatic carbocycles. The van der Waals surface area contributed by atoms with Gasteiger partial charge in [0.05, 0.1) is 0 Å². The van der Waals surface area contributed by atoms with Crippen LogP contribution in [0.4, 0.5) is 0 Å². The van der Waals surface area contributed by atoms with Gasteiger partial charge in [-0.3, -0.25) is 5.43 Å². The van der Waals surface area contributed by atoms with Crippen molar-refractivity contribution in [3.05, 3.63) is 6.92 Å². The van der Waals surface area contributed by atoms with Crippen molar-refractivity contribution in [2.75, 3.05) is 19.6 Å². The molecule has 1 unspecified atom stereocenters. The van der Waals surface area contributed by atoms with Crippen molar-refractivity contribution in [3.8, 4) is 0 Å². The summed E-state index contributed by atoms with van der Waals surface area (Å²) in [5.74, 6) is 0. The zero-order valence-electron chi connectivity index (χ0n) is 8.34. The van der Waals surface area contributed by atoms with E-state index in [0.29, 0.717) is 12.6 Å². The second-order valence-electron chi connectivity index (χ2n) is 2.97. The number of nitrogens with zero attached hydrogens (tertiary/aromatic N) is 1. The third kappa shape index (κ3) is 4.70. The van der Waals surface area contributed by atoms with Crippen molar-refractivity contribution in [3.63, 3.8) is 0 Å². The van der Waals surface area contributed by atoms with Gasteiger partial charge in [0, 0.05) is 25.7 Å². The molecule has 0 saturated carbocycles. The highest BCUT2D eigenvalue weighted by molar-refractivity contribution is 4.62. The predicted molar refractivity (Wildman–Crippen MR) is 53.5 cm³/mol. The lowest BCUT2D eigenvalue weighted by atomic mass is 10.2. The molecule has 3 N–H and O–H groups in total. The van der Waals surface area contributed by atoms with E-state index in [9.17, 15) is 0 Å². The van der Waals surface area contributed by atoms with Gasteiger partial charge in [0.15, 0.2) is 0 Å². The Balaban J connectivity index is 3.62. The topological polar surface area (TPSA) is 41.3 Å². The van der Waals surface area contributed by atoms with Gasteiger partial charge < -0.3 is 5.73 Å². The van der Waals surface area contributed by atoms with E-state index in [1.807, 2.05) is 0 Å². The maximum atomic E-state index is 5.40. The second-order valence-corrected chi connectivity index (χ2v) is 2.97. The quantitative estimate of drug-likeness (QED) is 0.557. The molecule has 0 bridgehead atoms. The molecule has 12 heavy (non-hydrogen) atoms. The first-order chi connectivity index (χ1) is 5.76. The highest BCUT2D eigenvalue weighted by Crippen LogP contribution is 2.02. The van der Waals surface area contributed by atoms with Crippen molar-refractivity contribution in [2.45, 2.75) is 32.7 Å². The Morgan fingerprint density at radius 2 is 2.25 bits per heavy atom. The summed E-state index contributed by atoms with van der Waals surface area (Å²) in [7, 11) is 0. The molecule has 0 saturated heterocycles. The average Bonchev–Trinajstić information content (AvgIpc) is 2.06. The summed E-state index contributed by atoms with van der Waals surface area (Å²) < 4.78 is 0. The smallest absolute Gasteiger partial charge is 0.0225 e. The van der Waals surface area contributed by atoms with Crippen LogP contribution in [-0.4, -0.2) is 30.7 Å². The van der Waals surface area contributed by atoms with Gasteiger partial charge in [0.2, 0.25) is 0 Å². The van der Waals surface area contributed by atoms with Crippen LogP contribution in [0.25, 0.3) is 0 Å². The Bertz CT molecular complexity index is 95.8. The maximum absolute atomic E-state index is 5.40. The van der Waals surface area contributed by atoms with Crippen LogP contribution in [0.1, 0.15) is 26.7 Å². The van der Waals surface area contributed by atoms with Gasteiger partial charge in [-0.05, 0) is 13.3 Å². The molecule has 0 rings (SSSR count). The molecule has 0 amide bonds. The van der Waals surface area contributed by atoms with Crippen molar-refractivity contribution >= 4 is 0 Å². The Kier molecular flexibility index (Phi) is 7.45. The van der Waals surface area contributed by atoms with E-state index < -0.39 is 0 Å². The summed E-state index contributed by atoms with van der Waals surface area (Å²) in [6.07, 6.45) is 2.12. The standard InChI is InChI=1S/C9H22N3/c1-4-6-9(3)12(5-2)11-8-7-10/h9,11H,1,4-8,10H2,2-3H3. The number of nitrogens with one attached hydrogen (secondary N) is 1. The van der Waals surface area contributed by atoms with Crippen LogP contribution in [0.3, 0.4) is 0 Å². The van der Waals surface area contributed by atoms with E-state index in [1.165, 1.54) is 0 Å². The summed E-state index contributed by atoms with van der Waals surface area (Å²) in [6, 6.07) is 0.555. The van der Waals surface area contributed by atoms with Gasteiger partial charge >= 0.3 is 0 Å². The van der Waals surface area contributed by atoms with E-state index in [1.54, 1.807) is 0 Å². The molecular weight excluding hydrogens is 150 g/mol. The first kappa shape index (κ1) is 11.9. The molecule has 0 aromatic carbocycles. The summed E-state index contributed by atoms with van der Waals surface area (Å²) in [6.45, 7) is 10.8. The van der Waals surface area contributed by atoms with Crippen molar-refractivity contribution < 1.29 is 0 Å². The van der Waals surface area contributed by atoms with E-state index in [-0.39, 0.29) is 0 Å². The normalized spacial score (nSPS) is 13.8. The fourth-order valence-corrected chi connectivity index (χ4v) is 1.24. The maximum Gasteiger partial charge on any atom is 0.0225 e. The largest absolute Gasteiger partial charge is 0.329 e. The van der Waals surface area contributed by atoms with Crippen molar-refractivity contribution in [2.24, 2.45) is 5.73 Å². The molecule has 1 atom stereocenters. The molecule has 0 fully saturated rings. The van der Waals surface area contributed by atoms with Crippen molar-refractivity contribution in [1.82, 2.24) is 10.4 Å². The van der Waals surface area contributed by atoms with E-state index in [4.69, 9.17) is 5.73 Å². The monoisotopic (exact) mass is 172 g/mol. The molecular formula is C9H22N3. The van der Waals surface area contributed by atoms with E-state index in [2.05, 4.69) is 31.2 Å². The van der Waals surface area contributed by atoms with Gasteiger partial charge in [0.25, 0.3) is 0 Å². The summed E-state index contributed by atoms with van der Waals surface area (Å²) in [5, 5.41) is 2.22. The SMILES string of the molecule is [CH2]CCC(C)N(CC)NCCN. The van der Waals surface area contributed by atoms with Gasteiger partial charge in [-0.1, -0.05) is 20.3 Å². The minimum atomic E-state index is 0.555. The highest BCUT2D eigenvalue weighted by Gasteiger charge is 2.08. The molecule has 0 aromatic rings. The second kappa shape index (κ2) is 7.53. The molecule has 0 aliphatic rings. The molecule has 0 aromatic heterocycles. The third-order valence-electron chi connectivity index (χ3n) is 1.95. The van der Waals surface area contributed by atoms with Crippen LogP contribution < -0.4 is 11.2 Å². The lowest BCUT2D eigenvalue weighted by Gasteiger charge is -2.28. The van der Waals surface area contributed by atoms with Gasteiger partial charge in [0.1, 0.15) is 0 Å². The Hall–Kier alpha value is -0.120. The molecule has 0 spiro atoms. The Morgan fingerprint density at radius 3 is 2.67 bits per heavy atom. The fourth-order valence-electron chi connectivity index (χ4n) is 1.24. The van der Waals surface area contributed by atoms with Gasteiger partial charge in [-0.25, -0.2) is 5.01 Å². The minimum Gasteiger partial charge on any atom is -0.329 e. The minimum absolute atomic E-state index is 0.555. The first-order valence-corrected chi connectivity index (χ1v) is 4.75. The lowest BCUT2D eigenvalue weighted by molar-refractivity contribution is 0.138. The highest BCUT2D eigenvalue weighted by atomic mass is 15.5. The van der Waals surface area contributed by atoms with Gasteiger partial charge in [-0.15, -0.1) is 0 Å². The van der Waals surface area contributed by atoms with E-state index >= 15 is 0 Å². The Morgan fingerprint density at radius 1 is 1.58 bits per heavy atom. The molecule has 1 radical (unpaired) electrons. The van der Waals surface area contributed by atoms with Crippen LogP contribution in [0.2, 0.25) is 0 Å². The fraction of sp³-hybridized carbons (Fsp3) is 0.889. The summed E-state index contributed by atoms with van der Waals surface area (Å²) in [5.41, 5.74) is 8.69. The molecule has 0 aliphatic heterocycles. The predicted octanol–water partition coefficient (Wildman–Crippen LogP) is 0.774. The molecule has 73 valence electrons. The lowest BCUT2D eigenvalue weighted by Crippen LogP contribution is -2.46. The summed E-state index contributed by atoms with van der Waals surface area (Å²) >= 11 is 0. The number of nitrogens with two attached hydrogens (primary N) is 1.